The lowest BCUT2D eigenvalue weighted by Gasteiger charge is -2.34. The zero-order valence-corrected chi connectivity index (χ0v) is 17.9. The lowest BCUT2D eigenvalue weighted by molar-refractivity contribution is 0.0671. The fraction of sp³-hybridized carbons (Fsp3) is 0.208. The Hall–Kier alpha value is -3.32. The molecule has 0 aliphatic carbocycles. The standard InChI is InChI=1S/C24H24N4O2S/c29-23(20-8-2-1-3-9-20)27-13-15-28(16-14-27)24(30)26-21-10-6-7-19(17-21)18-31-22-11-4-5-12-25-22/h1-12,17H,13-16,18H2,(H,26,30). The number of amides is 3. The molecule has 0 spiro atoms. The second-order valence-electron chi connectivity index (χ2n) is 7.23. The van der Waals surface area contributed by atoms with E-state index in [1.165, 1.54) is 0 Å². The first-order chi connectivity index (χ1) is 15.2. The summed E-state index contributed by atoms with van der Waals surface area (Å²) in [7, 11) is 0. The highest BCUT2D eigenvalue weighted by Crippen LogP contribution is 2.22. The number of carbonyl (C=O) groups excluding carboxylic acids is 2. The predicted octanol–water partition coefficient (Wildman–Crippen LogP) is 4.36. The average Bonchev–Trinajstić information content (AvgIpc) is 2.84. The average molecular weight is 433 g/mol. The Morgan fingerprint density at radius 1 is 0.871 bits per heavy atom. The number of nitrogens with zero attached hydrogens (tertiary/aromatic N) is 3. The van der Waals surface area contributed by atoms with Crippen molar-refractivity contribution in [3.05, 3.63) is 90.1 Å². The van der Waals surface area contributed by atoms with Crippen LogP contribution in [0.15, 0.2) is 84.0 Å². The Balaban J connectivity index is 1.28. The summed E-state index contributed by atoms with van der Waals surface area (Å²) in [6.07, 6.45) is 1.78. The molecular weight excluding hydrogens is 408 g/mol. The summed E-state index contributed by atoms with van der Waals surface area (Å²) in [5.74, 6) is 0.792. The van der Waals surface area contributed by atoms with Crippen molar-refractivity contribution < 1.29 is 9.59 Å². The van der Waals surface area contributed by atoms with E-state index in [9.17, 15) is 9.59 Å². The molecule has 1 aromatic heterocycles. The van der Waals surface area contributed by atoms with E-state index in [4.69, 9.17) is 0 Å². The summed E-state index contributed by atoms with van der Waals surface area (Å²) in [6.45, 7) is 2.09. The quantitative estimate of drug-likeness (QED) is 0.608. The zero-order chi connectivity index (χ0) is 21.5. The molecule has 158 valence electrons. The Kier molecular flexibility index (Phi) is 6.84. The van der Waals surface area contributed by atoms with Crippen LogP contribution in [0.2, 0.25) is 0 Å². The number of hydrogen-bond donors (Lipinski definition) is 1. The summed E-state index contributed by atoms with van der Waals surface area (Å²) in [5, 5.41) is 3.96. The highest BCUT2D eigenvalue weighted by atomic mass is 32.2. The van der Waals surface area contributed by atoms with Crippen LogP contribution in [0.5, 0.6) is 0 Å². The number of aromatic nitrogens is 1. The highest BCUT2D eigenvalue weighted by molar-refractivity contribution is 7.98. The number of piperazine rings is 1. The Bertz CT molecular complexity index is 1020. The Morgan fingerprint density at radius 2 is 1.61 bits per heavy atom. The highest BCUT2D eigenvalue weighted by Gasteiger charge is 2.24. The number of nitrogens with one attached hydrogen (secondary N) is 1. The number of hydrogen-bond acceptors (Lipinski definition) is 4. The molecule has 31 heavy (non-hydrogen) atoms. The van der Waals surface area contributed by atoms with E-state index < -0.39 is 0 Å². The smallest absolute Gasteiger partial charge is 0.321 e. The third-order valence-corrected chi connectivity index (χ3v) is 6.09. The van der Waals surface area contributed by atoms with Crippen molar-refractivity contribution in [2.45, 2.75) is 10.8 Å². The van der Waals surface area contributed by atoms with Gasteiger partial charge in [0, 0.05) is 49.4 Å². The summed E-state index contributed by atoms with van der Waals surface area (Å²) in [4.78, 5) is 33.1. The molecule has 1 saturated heterocycles. The third kappa shape index (κ3) is 5.64. The number of pyridine rings is 1. The molecular formula is C24H24N4O2S. The van der Waals surface area contributed by atoms with Crippen molar-refractivity contribution in [3.63, 3.8) is 0 Å². The molecule has 4 rings (SSSR count). The van der Waals surface area contributed by atoms with Gasteiger partial charge >= 0.3 is 6.03 Å². The van der Waals surface area contributed by atoms with E-state index in [1.54, 1.807) is 27.8 Å². The first-order valence-corrected chi connectivity index (χ1v) is 11.2. The molecule has 2 heterocycles. The molecule has 0 saturated carbocycles. The lowest BCUT2D eigenvalue weighted by atomic mass is 10.2. The van der Waals surface area contributed by atoms with Crippen LogP contribution >= 0.6 is 11.8 Å². The second kappa shape index (κ2) is 10.1. The molecule has 1 aliphatic heterocycles. The molecule has 1 aliphatic rings. The van der Waals surface area contributed by atoms with Gasteiger partial charge in [0.2, 0.25) is 0 Å². The number of anilines is 1. The van der Waals surface area contributed by atoms with Gasteiger partial charge in [-0.2, -0.15) is 0 Å². The molecule has 0 atom stereocenters. The van der Waals surface area contributed by atoms with Gasteiger partial charge in [0.25, 0.3) is 5.91 Å². The molecule has 0 radical (unpaired) electrons. The van der Waals surface area contributed by atoms with Crippen molar-refractivity contribution in [2.24, 2.45) is 0 Å². The maximum absolute atomic E-state index is 12.7. The van der Waals surface area contributed by atoms with Gasteiger partial charge in [-0.1, -0.05) is 36.4 Å². The van der Waals surface area contributed by atoms with Gasteiger partial charge in [-0.3, -0.25) is 4.79 Å². The van der Waals surface area contributed by atoms with E-state index >= 15 is 0 Å². The first kappa shape index (κ1) is 20.9. The summed E-state index contributed by atoms with van der Waals surface area (Å²) in [6, 6.07) is 22.8. The molecule has 0 unspecified atom stereocenters. The SMILES string of the molecule is O=C(Nc1cccc(CSc2ccccn2)c1)N1CCN(C(=O)c2ccccc2)CC1. The van der Waals surface area contributed by atoms with Gasteiger partial charge in [-0.15, -0.1) is 11.8 Å². The monoisotopic (exact) mass is 432 g/mol. The van der Waals surface area contributed by atoms with Gasteiger partial charge in [-0.25, -0.2) is 9.78 Å². The summed E-state index contributed by atoms with van der Waals surface area (Å²) in [5.41, 5.74) is 2.57. The summed E-state index contributed by atoms with van der Waals surface area (Å²) < 4.78 is 0. The number of carbonyl (C=O) groups is 2. The minimum Gasteiger partial charge on any atom is -0.335 e. The van der Waals surface area contributed by atoms with Crippen LogP contribution in [0.1, 0.15) is 15.9 Å². The maximum atomic E-state index is 12.7. The maximum Gasteiger partial charge on any atom is 0.321 e. The van der Waals surface area contributed by atoms with Gasteiger partial charge < -0.3 is 15.1 Å². The molecule has 3 amide bonds. The topological polar surface area (TPSA) is 65.5 Å². The van der Waals surface area contributed by atoms with Crippen molar-refractivity contribution >= 4 is 29.4 Å². The second-order valence-corrected chi connectivity index (χ2v) is 8.23. The van der Waals surface area contributed by atoms with E-state index in [0.29, 0.717) is 31.7 Å². The van der Waals surface area contributed by atoms with Crippen molar-refractivity contribution in [1.82, 2.24) is 14.8 Å². The van der Waals surface area contributed by atoms with E-state index in [-0.39, 0.29) is 11.9 Å². The zero-order valence-electron chi connectivity index (χ0n) is 17.1. The van der Waals surface area contributed by atoms with E-state index in [0.717, 1.165) is 22.0 Å². The minimum atomic E-state index is -0.138. The summed E-state index contributed by atoms with van der Waals surface area (Å²) >= 11 is 1.66. The first-order valence-electron chi connectivity index (χ1n) is 10.2. The molecule has 0 bridgehead atoms. The molecule has 7 heteroatoms. The van der Waals surface area contributed by atoms with Crippen molar-refractivity contribution in [2.75, 3.05) is 31.5 Å². The normalized spacial score (nSPS) is 13.7. The van der Waals surface area contributed by atoms with Gasteiger partial charge in [0.1, 0.15) is 0 Å². The molecule has 3 aromatic rings. The number of benzene rings is 2. The number of thioether (sulfide) groups is 1. The lowest BCUT2D eigenvalue weighted by Crippen LogP contribution is -2.51. The molecule has 6 nitrogen and oxygen atoms in total. The van der Waals surface area contributed by atoms with Gasteiger partial charge in [-0.05, 0) is 42.0 Å². The van der Waals surface area contributed by atoms with Crippen LogP contribution in [-0.4, -0.2) is 52.9 Å². The van der Waals surface area contributed by atoms with Gasteiger partial charge in [0.05, 0.1) is 5.03 Å². The van der Waals surface area contributed by atoms with Crippen LogP contribution < -0.4 is 5.32 Å². The molecule has 1 N–H and O–H groups in total. The van der Waals surface area contributed by atoms with Crippen LogP contribution in [0.3, 0.4) is 0 Å². The Morgan fingerprint density at radius 3 is 2.35 bits per heavy atom. The van der Waals surface area contributed by atoms with Crippen LogP contribution in [-0.2, 0) is 5.75 Å². The van der Waals surface area contributed by atoms with E-state index in [1.807, 2.05) is 72.8 Å². The Labute approximate surface area is 186 Å². The minimum absolute atomic E-state index is 0.0127. The van der Waals surface area contributed by atoms with Crippen molar-refractivity contribution in [1.29, 1.82) is 0 Å². The van der Waals surface area contributed by atoms with E-state index in [2.05, 4.69) is 10.3 Å². The van der Waals surface area contributed by atoms with Gasteiger partial charge in [0.15, 0.2) is 0 Å². The van der Waals surface area contributed by atoms with Crippen molar-refractivity contribution in [3.8, 4) is 0 Å². The third-order valence-electron chi connectivity index (χ3n) is 5.08. The largest absolute Gasteiger partial charge is 0.335 e. The number of rotatable bonds is 5. The fourth-order valence-corrected chi connectivity index (χ4v) is 4.21. The molecule has 1 fully saturated rings. The predicted molar refractivity (Wildman–Crippen MR) is 123 cm³/mol. The van der Waals surface area contributed by atoms with Crippen LogP contribution in [0.25, 0.3) is 0 Å². The van der Waals surface area contributed by atoms with Crippen LogP contribution in [0.4, 0.5) is 10.5 Å². The fourth-order valence-electron chi connectivity index (χ4n) is 3.41. The number of urea groups is 1. The van der Waals surface area contributed by atoms with Crippen LogP contribution in [0, 0.1) is 0 Å². The molecule has 2 aromatic carbocycles.